The molecule has 1 fully saturated rings. The van der Waals surface area contributed by atoms with E-state index in [2.05, 4.69) is 15.5 Å². The van der Waals surface area contributed by atoms with Crippen LogP contribution in [0, 0.1) is 0 Å². The number of nitrogens with one attached hydrogen (secondary N) is 1. The maximum atomic E-state index is 12.7. The van der Waals surface area contributed by atoms with Crippen LogP contribution < -0.4 is 5.32 Å². The molecule has 3 rings (SSSR count). The highest BCUT2D eigenvalue weighted by Crippen LogP contribution is 2.18. The van der Waals surface area contributed by atoms with Gasteiger partial charge in [-0.15, -0.1) is 0 Å². The zero-order valence-corrected chi connectivity index (χ0v) is 18.2. The number of hydrogen-bond donors (Lipinski definition) is 1. The fraction of sp³-hybridized carbons (Fsp3) is 0.524. The molecular formula is C21H28ClN5O3. The summed E-state index contributed by atoms with van der Waals surface area (Å²) in [6.45, 7) is 6.74. The number of amides is 3. The number of aromatic nitrogens is 2. The molecular weight excluding hydrogens is 406 g/mol. The lowest BCUT2D eigenvalue weighted by Crippen LogP contribution is -2.43. The summed E-state index contributed by atoms with van der Waals surface area (Å²) in [5.41, 5.74) is 0.499. The highest BCUT2D eigenvalue weighted by Gasteiger charge is 2.23. The number of rotatable bonds is 6. The molecule has 162 valence electrons. The summed E-state index contributed by atoms with van der Waals surface area (Å²) in [5, 5.41) is 7.32. The molecule has 0 atom stereocenters. The van der Waals surface area contributed by atoms with Crippen molar-refractivity contribution in [2.45, 2.75) is 39.0 Å². The van der Waals surface area contributed by atoms with Gasteiger partial charge in [-0.1, -0.05) is 42.7 Å². The topological polar surface area (TPSA) is 91.6 Å². The molecule has 2 heterocycles. The van der Waals surface area contributed by atoms with Gasteiger partial charge >= 0.3 is 6.03 Å². The number of urea groups is 1. The smallest absolute Gasteiger partial charge is 0.317 e. The SMILES string of the molecule is CC(C)c1noc(CCCNC(=O)N2CCCN(C(=O)c3ccccc3Cl)CC2)n1. The molecule has 8 nitrogen and oxygen atoms in total. The first-order valence-corrected chi connectivity index (χ1v) is 10.7. The fourth-order valence-electron chi connectivity index (χ4n) is 3.28. The van der Waals surface area contributed by atoms with Crippen molar-refractivity contribution in [1.82, 2.24) is 25.3 Å². The van der Waals surface area contributed by atoms with Gasteiger partial charge in [0, 0.05) is 45.1 Å². The molecule has 1 aliphatic rings. The van der Waals surface area contributed by atoms with Crippen molar-refractivity contribution < 1.29 is 14.1 Å². The molecule has 0 saturated carbocycles. The van der Waals surface area contributed by atoms with E-state index in [-0.39, 0.29) is 17.9 Å². The third-order valence-corrected chi connectivity index (χ3v) is 5.35. The first-order valence-electron chi connectivity index (χ1n) is 10.3. The minimum atomic E-state index is -0.115. The molecule has 3 amide bonds. The van der Waals surface area contributed by atoms with Crippen LogP contribution in [0.5, 0.6) is 0 Å². The highest BCUT2D eigenvalue weighted by atomic mass is 35.5. The Morgan fingerprint density at radius 2 is 1.90 bits per heavy atom. The summed E-state index contributed by atoms with van der Waals surface area (Å²) < 4.78 is 5.21. The Hall–Kier alpha value is -2.61. The summed E-state index contributed by atoms with van der Waals surface area (Å²) in [4.78, 5) is 33.1. The Balaban J connectivity index is 1.42. The van der Waals surface area contributed by atoms with Gasteiger partial charge in [-0.25, -0.2) is 4.79 Å². The number of carbonyl (C=O) groups excluding carboxylic acids is 2. The number of halogens is 1. The molecule has 9 heteroatoms. The highest BCUT2D eigenvalue weighted by molar-refractivity contribution is 6.33. The van der Waals surface area contributed by atoms with E-state index in [4.69, 9.17) is 16.1 Å². The van der Waals surface area contributed by atoms with Crippen molar-refractivity contribution in [3.05, 3.63) is 46.6 Å². The molecule has 1 aromatic heterocycles. The monoisotopic (exact) mass is 433 g/mol. The minimum Gasteiger partial charge on any atom is -0.339 e. The van der Waals surface area contributed by atoms with Crippen LogP contribution in [0.25, 0.3) is 0 Å². The van der Waals surface area contributed by atoms with E-state index in [9.17, 15) is 9.59 Å². The quantitative estimate of drug-likeness (QED) is 0.705. The lowest BCUT2D eigenvalue weighted by Gasteiger charge is -2.22. The van der Waals surface area contributed by atoms with Crippen molar-refractivity contribution in [2.75, 3.05) is 32.7 Å². The van der Waals surface area contributed by atoms with Crippen LogP contribution in [0.2, 0.25) is 5.02 Å². The van der Waals surface area contributed by atoms with Gasteiger partial charge < -0.3 is 19.6 Å². The van der Waals surface area contributed by atoms with Gasteiger partial charge in [0.05, 0.1) is 10.6 Å². The predicted octanol–water partition coefficient (Wildman–Crippen LogP) is 3.34. The van der Waals surface area contributed by atoms with Crippen molar-refractivity contribution in [3.8, 4) is 0 Å². The molecule has 2 aromatic rings. The molecule has 0 unspecified atom stereocenters. The Bertz CT molecular complexity index is 870. The lowest BCUT2D eigenvalue weighted by atomic mass is 10.2. The second-order valence-corrected chi connectivity index (χ2v) is 8.06. The standard InChI is InChI=1S/C21H28ClN5O3/c1-15(2)19-24-18(30-25-19)9-5-10-23-21(29)27-12-6-11-26(13-14-27)20(28)16-7-3-4-8-17(16)22/h3-4,7-8,15H,5-6,9-14H2,1-2H3,(H,23,29). The fourth-order valence-corrected chi connectivity index (χ4v) is 3.50. The Morgan fingerprint density at radius 3 is 2.63 bits per heavy atom. The second-order valence-electron chi connectivity index (χ2n) is 7.65. The van der Waals surface area contributed by atoms with E-state index in [1.165, 1.54) is 0 Å². The summed E-state index contributed by atoms with van der Waals surface area (Å²) in [7, 11) is 0. The van der Waals surface area contributed by atoms with Crippen molar-refractivity contribution in [3.63, 3.8) is 0 Å². The molecule has 0 bridgehead atoms. The van der Waals surface area contributed by atoms with Crippen molar-refractivity contribution in [2.24, 2.45) is 0 Å². The summed E-state index contributed by atoms with van der Waals surface area (Å²) in [6, 6.07) is 6.93. The van der Waals surface area contributed by atoms with Gasteiger partial charge in [-0.2, -0.15) is 4.98 Å². The maximum Gasteiger partial charge on any atom is 0.317 e. The van der Waals surface area contributed by atoms with Gasteiger partial charge in [-0.05, 0) is 25.0 Å². The molecule has 1 aromatic carbocycles. The summed E-state index contributed by atoms with van der Waals surface area (Å²) >= 11 is 6.15. The van der Waals surface area contributed by atoms with Crippen LogP contribution in [-0.4, -0.2) is 64.6 Å². The van der Waals surface area contributed by atoms with Crippen LogP contribution >= 0.6 is 11.6 Å². The Kier molecular flexibility index (Phi) is 7.68. The van der Waals surface area contributed by atoms with E-state index in [1.54, 1.807) is 34.1 Å². The van der Waals surface area contributed by atoms with Crippen LogP contribution in [0.15, 0.2) is 28.8 Å². The van der Waals surface area contributed by atoms with Crippen molar-refractivity contribution >= 4 is 23.5 Å². The van der Waals surface area contributed by atoms with Gasteiger partial charge in [0.1, 0.15) is 0 Å². The third kappa shape index (κ3) is 5.72. The molecule has 30 heavy (non-hydrogen) atoms. The largest absolute Gasteiger partial charge is 0.339 e. The van der Waals surface area contributed by atoms with Crippen LogP contribution in [0.4, 0.5) is 4.79 Å². The van der Waals surface area contributed by atoms with Gasteiger partial charge in [0.2, 0.25) is 5.89 Å². The first-order chi connectivity index (χ1) is 14.5. The zero-order chi connectivity index (χ0) is 21.5. The third-order valence-electron chi connectivity index (χ3n) is 5.02. The van der Waals surface area contributed by atoms with E-state index in [1.807, 2.05) is 13.8 Å². The van der Waals surface area contributed by atoms with E-state index in [0.717, 1.165) is 12.8 Å². The zero-order valence-electron chi connectivity index (χ0n) is 17.4. The number of aryl methyl sites for hydroxylation is 1. The van der Waals surface area contributed by atoms with Crippen LogP contribution in [0.3, 0.4) is 0 Å². The summed E-state index contributed by atoms with van der Waals surface area (Å²) in [6.07, 6.45) is 2.07. The normalized spacial score (nSPS) is 14.7. The summed E-state index contributed by atoms with van der Waals surface area (Å²) in [5.74, 6) is 1.43. The molecule has 1 saturated heterocycles. The number of nitrogens with zero attached hydrogens (tertiary/aromatic N) is 4. The molecule has 0 aliphatic carbocycles. The molecule has 0 spiro atoms. The minimum absolute atomic E-state index is 0.0943. The van der Waals surface area contributed by atoms with Gasteiger partial charge in [0.15, 0.2) is 5.82 Å². The number of carbonyl (C=O) groups is 2. The Morgan fingerprint density at radius 1 is 1.17 bits per heavy atom. The lowest BCUT2D eigenvalue weighted by molar-refractivity contribution is 0.0762. The average molecular weight is 434 g/mol. The first kappa shape index (κ1) is 22.1. The number of hydrogen-bond acceptors (Lipinski definition) is 5. The predicted molar refractivity (Wildman–Crippen MR) is 114 cm³/mol. The molecule has 1 aliphatic heterocycles. The van der Waals surface area contributed by atoms with Crippen LogP contribution in [-0.2, 0) is 6.42 Å². The Labute approximate surface area is 181 Å². The van der Waals surface area contributed by atoms with Gasteiger partial charge in [-0.3, -0.25) is 4.79 Å². The van der Waals surface area contributed by atoms with Crippen LogP contribution in [0.1, 0.15) is 54.7 Å². The second kappa shape index (κ2) is 10.4. The molecule has 1 N–H and O–H groups in total. The van der Waals surface area contributed by atoms with Crippen molar-refractivity contribution in [1.29, 1.82) is 0 Å². The number of benzene rings is 1. The van der Waals surface area contributed by atoms with E-state index in [0.29, 0.717) is 61.4 Å². The maximum absolute atomic E-state index is 12.7. The average Bonchev–Trinajstić information content (AvgIpc) is 3.07. The molecule has 0 radical (unpaired) electrons. The van der Waals surface area contributed by atoms with E-state index < -0.39 is 0 Å². The van der Waals surface area contributed by atoms with E-state index >= 15 is 0 Å². The van der Waals surface area contributed by atoms with Gasteiger partial charge in [0.25, 0.3) is 5.91 Å².